The summed E-state index contributed by atoms with van der Waals surface area (Å²) in [6.07, 6.45) is 0. The molecule has 18 heavy (non-hydrogen) atoms. The Morgan fingerprint density at radius 3 is 2.44 bits per heavy atom. The lowest BCUT2D eigenvalue weighted by Gasteiger charge is -2.07. The number of benzene rings is 1. The molecule has 1 atom stereocenters. The van der Waals surface area contributed by atoms with Crippen molar-refractivity contribution in [3.8, 4) is 22.1 Å². The summed E-state index contributed by atoms with van der Waals surface area (Å²) in [6.45, 7) is 1.88. The van der Waals surface area contributed by atoms with Gasteiger partial charge in [-0.3, -0.25) is 0 Å². The van der Waals surface area contributed by atoms with E-state index in [4.69, 9.17) is 21.1 Å². The van der Waals surface area contributed by atoms with Gasteiger partial charge in [0, 0.05) is 5.56 Å². The van der Waals surface area contributed by atoms with Crippen molar-refractivity contribution in [1.29, 1.82) is 0 Å². The van der Waals surface area contributed by atoms with E-state index in [2.05, 4.69) is 10.2 Å². The van der Waals surface area contributed by atoms with E-state index < -0.39 is 0 Å². The zero-order valence-corrected chi connectivity index (χ0v) is 11.9. The number of hydrogen-bond donors (Lipinski definition) is 0. The number of nitrogens with zero attached hydrogens (tertiary/aromatic N) is 2. The molecule has 0 aliphatic rings. The smallest absolute Gasteiger partial charge is 0.161 e. The number of ether oxygens (including phenoxy) is 2. The van der Waals surface area contributed by atoms with Crippen molar-refractivity contribution in [2.24, 2.45) is 0 Å². The molecule has 1 unspecified atom stereocenters. The molecule has 0 bridgehead atoms. The minimum absolute atomic E-state index is 0.128. The lowest BCUT2D eigenvalue weighted by atomic mass is 10.2. The fourth-order valence-corrected chi connectivity index (χ4v) is 2.43. The van der Waals surface area contributed by atoms with Crippen molar-refractivity contribution in [3.63, 3.8) is 0 Å². The van der Waals surface area contributed by atoms with Crippen LogP contribution in [0.2, 0.25) is 0 Å². The third-order valence-electron chi connectivity index (χ3n) is 2.41. The first kappa shape index (κ1) is 13.1. The summed E-state index contributed by atoms with van der Waals surface area (Å²) < 4.78 is 10.4. The minimum Gasteiger partial charge on any atom is -0.493 e. The summed E-state index contributed by atoms with van der Waals surface area (Å²) in [5.41, 5.74) is 0.939. The van der Waals surface area contributed by atoms with Crippen LogP contribution in [0, 0.1) is 0 Å². The van der Waals surface area contributed by atoms with E-state index in [-0.39, 0.29) is 5.38 Å². The van der Waals surface area contributed by atoms with E-state index in [0.717, 1.165) is 15.6 Å². The van der Waals surface area contributed by atoms with E-state index in [1.807, 2.05) is 25.1 Å². The van der Waals surface area contributed by atoms with Crippen LogP contribution in [0.4, 0.5) is 0 Å². The van der Waals surface area contributed by atoms with Gasteiger partial charge in [-0.05, 0) is 25.1 Å². The molecule has 2 aromatic rings. The number of hydrogen-bond acceptors (Lipinski definition) is 5. The molecule has 0 fully saturated rings. The van der Waals surface area contributed by atoms with Gasteiger partial charge in [-0.2, -0.15) is 0 Å². The number of aromatic nitrogens is 2. The topological polar surface area (TPSA) is 44.2 Å². The van der Waals surface area contributed by atoms with Crippen molar-refractivity contribution in [1.82, 2.24) is 10.2 Å². The van der Waals surface area contributed by atoms with Gasteiger partial charge < -0.3 is 9.47 Å². The normalized spacial score (nSPS) is 12.2. The Kier molecular flexibility index (Phi) is 4.04. The first-order valence-electron chi connectivity index (χ1n) is 5.35. The van der Waals surface area contributed by atoms with Gasteiger partial charge in [0.05, 0.1) is 19.6 Å². The van der Waals surface area contributed by atoms with Gasteiger partial charge in [0.2, 0.25) is 0 Å². The van der Waals surface area contributed by atoms with E-state index in [9.17, 15) is 0 Å². The van der Waals surface area contributed by atoms with Gasteiger partial charge in [0.25, 0.3) is 0 Å². The molecule has 1 heterocycles. The molecule has 6 heteroatoms. The zero-order chi connectivity index (χ0) is 13.1. The predicted molar refractivity (Wildman–Crippen MR) is 72.7 cm³/mol. The van der Waals surface area contributed by atoms with E-state index >= 15 is 0 Å². The largest absolute Gasteiger partial charge is 0.493 e. The molecule has 1 aromatic heterocycles. The summed E-state index contributed by atoms with van der Waals surface area (Å²) in [7, 11) is 3.21. The fourth-order valence-electron chi connectivity index (χ4n) is 1.48. The van der Waals surface area contributed by atoms with E-state index in [0.29, 0.717) is 11.5 Å². The molecule has 96 valence electrons. The Balaban J connectivity index is 2.38. The molecular weight excluding hydrogens is 272 g/mol. The average molecular weight is 285 g/mol. The van der Waals surface area contributed by atoms with Crippen LogP contribution < -0.4 is 9.47 Å². The summed E-state index contributed by atoms with van der Waals surface area (Å²) in [4.78, 5) is 0. The van der Waals surface area contributed by atoms with Crippen molar-refractivity contribution in [3.05, 3.63) is 23.2 Å². The Labute approximate surface area is 115 Å². The highest BCUT2D eigenvalue weighted by Gasteiger charge is 2.12. The van der Waals surface area contributed by atoms with Crippen molar-refractivity contribution in [2.75, 3.05) is 14.2 Å². The van der Waals surface area contributed by atoms with E-state index in [1.165, 1.54) is 11.3 Å². The standard InChI is InChI=1S/C12H13ClN2O2S/c1-7(13)11-14-15-12(18-11)8-4-5-9(16-2)10(6-8)17-3/h4-7H,1-3H3. The Bertz CT molecular complexity index is 543. The van der Waals surface area contributed by atoms with Crippen LogP contribution >= 0.6 is 22.9 Å². The molecular formula is C12H13ClN2O2S. The number of halogens is 1. The molecule has 0 aliphatic heterocycles. The van der Waals surface area contributed by atoms with Gasteiger partial charge in [-0.15, -0.1) is 21.8 Å². The predicted octanol–water partition coefficient (Wildman–Crippen LogP) is 3.52. The molecule has 4 nitrogen and oxygen atoms in total. The number of methoxy groups -OCH3 is 2. The monoisotopic (exact) mass is 284 g/mol. The third kappa shape index (κ3) is 2.57. The molecule has 0 radical (unpaired) electrons. The average Bonchev–Trinajstić information content (AvgIpc) is 2.87. The molecule has 1 aromatic carbocycles. The second-order valence-electron chi connectivity index (χ2n) is 3.63. The number of alkyl halides is 1. The van der Waals surface area contributed by atoms with Crippen molar-refractivity contribution in [2.45, 2.75) is 12.3 Å². The lowest BCUT2D eigenvalue weighted by Crippen LogP contribution is -1.90. The fraction of sp³-hybridized carbons (Fsp3) is 0.333. The van der Waals surface area contributed by atoms with Crippen molar-refractivity contribution >= 4 is 22.9 Å². The first-order valence-corrected chi connectivity index (χ1v) is 6.61. The second-order valence-corrected chi connectivity index (χ2v) is 5.29. The van der Waals surface area contributed by atoms with Crippen LogP contribution in [0.1, 0.15) is 17.3 Å². The molecule has 0 saturated heterocycles. The Hall–Kier alpha value is -1.33. The van der Waals surface area contributed by atoms with Crippen LogP contribution in [-0.2, 0) is 0 Å². The highest BCUT2D eigenvalue weighted by atomic mass is 35.5. The van der Waals surface area contributed by atoms with Gasteiger partial charge in [-0.1, -0.05) is 11.3 Å². The van der Waals surface area contributed by atoms with Gasteiger partial charge in [0.1, 0.15) is 10.0 Å². The molecule has 2 rings (SSSR count). The summed E-state index contributed by atoms with van der Waals surface area (Å²) >= 11 is 7.45. The molecule has 0 saturated carbocycles. The summed E-state index contributed by atoms with van der Waals surface area (Å²) in [6, 6.07) is 5.64. The molecule has 0 amide bonds. The Morgan fingerprint density at radius 2 is 1.89 bits per heavy atom. The van der Waals surface area contributed by atoms with E-state index in [1.54, 1.807) is 14.2 Å². The minimum atomic E-state index is -0.128. The van der Waals surface area contributed by atoms with Gasteiger partial charge in [0.15, 0.2) is 11.5 Å². The second kappa shape index (κ2) is 5.54. The highest BCUT2D eigenvalue weighted by Crippen LogP contribution is 2.34. The molecule has 0 spiro atoms. The van der Waals surface area contributed by atoms with Crippen molar-refractivity contribution < 1.29 is 9.47 Å². The molecule has 0 aliphatic carbocycles. The Morgan fingerprint density at radius 1 is 1.17 bits per heavy atom. The zero-order valence-electron chi connectivity index (χ0n) is 10.3. The maximum atomic E-state index is 5.97. The first-order chi connectivity index (χ1) is 8.65. The van der Waals surface area contributed by atoms with Gasteiger partial charge >= 0.3 is 0 Å². The van der Waals surface area contributed by atoms with Gasteiger partial charge in [-0.25, -0.2) is 0 Å². The molecule has 0 N–H and O–H groups in total. The van der Waals surface area contributed by atoms with Crippen LogP contribution in [0.15, 0.2) is 18.2 Å². The highest BCUT2D eigenvalue weighted by molar-refractivity contribution is 7.15. The van der Waals surface area contributed by atoms with Crippen LogP contribution in [-0.4, -0.2) is 24.4 Å². The maximum absolute atomic E-state index is 5.97. The summed E-state index contributed by atoms with van der Waals surface area (Å²) in [5.74, 6) is 1.36. The third-order valence-corrected chi connectivity index (χ3v) is 3.90. The number of rotatable bonds is 4. The SMILES string of the molecule is COc1ccc(-c2nnc(C(C)Cl)s2)cc1OC. The van der Waals surface area contributed by atoms with Crippen LogP contribution in [0.3, 0.4) is 0 Å². The quantitative estimate of drug-likeness (QED) is 0.806. The lowest BCUT2D eigenvalue weighted by molar-refractivity contribution is 0.355. The summed E-state index contributed by atoms with van der Waals surface area (Å²) in [5, 5.41) is 9.68. The van der Waals surface area contributed by atoms with Crippen LogP contribution in [0.25, 0.3) is 10.6 Å². The van der Waals surface area contributed by atoms with Crippen LogP contribution in [0.5, 0.6) is 11.5 Å². The maximum Gasteiger partial charge on any atom is 0.161 e.